The van der Waals surface area contributed by atoms with Gasteiger partial charge < -0.3 is 10.2 Å². The van der Waals surface area contributed by atoms with Crippen LogP contribution in [0.3, 0.4) is 0 Å². The van der Waals surface area contributed by atoms with E-state index in [1.54, 1.807) is 0 Å². The number of pyridine rings is 1. The second-order valence-electron chi connectivity index (χ2n) is 7.18. The average Bonchev–Trinajstić information content (AvgIpc) is 3.03. The highest BCUT2D eigenvalue weighted by atomic mass is 16.1. The molecule has 3 heterocycles. The summed E-state index contributed by atoms with van der Waals surface area (Å²) < 4.78 is 0. The Morgan fingerprint density at radius 1 is 1.35 bits per heavy atom. The first-order chi connectivity index (χ1) is 12.6. The maximum absolute atomic E-state index is 12.4. The number of aromatic nitrogens is 1. The van der Waals surface area contributed by atoms with Crippen molar-refractivity contribution in [3.05, 3.63) is 65.0 Å². The van der Waals surface area contributed by atoms with Gasteiger partial charge in [-0.1, -0.05) is 30.3 Å². The van der Waals surface area contributed by atoms with E-state index >= 15 is 0 Å². The normalized spacial score (nSPS) is 19.4. The topological polar surface area (TPSA) is 57.6 Å². The highest BCUT2D eigenvalue weighted by molar-refractivity contribution is 6.02. The maximum Gasteiger partial charge on any atom is 0.226 e. The average molecular weight is 348 g/mol. The molecule has 1 fully saturated rings. The molecule has 2 aliphatic rings. The second-order valence-corrected chi connectivity index (χ2v) is 7.18. The Morgan fingerprint density at radius 3 is 2.85 bits per heavy atom. The predicted octanol–water partition coefficient (Wildman–Crippen LogP) is 2.86. The molecule has 1 aromatic heterocycles. The highest BCUT2D eigenvalue weighted by Crippen LogP contribution is 2.27. The largest absolute Gasteiger partial charge is 0.354 e. The van der Waals surface area contributed by atoms with Gasteiger partial charge >= 0.3 is 0 Å². The van der Waals surface area contributed by atoms with Gasteiger partial charge in [0.15, 0.2) is 0 Å². The van der Waals surface area contributed by atoms with Crippen molar-refractivity contribution < 1.29 is 4.79 Å². The Morgan fingerprint density at radius 2 is 2.15 bits per heavy atom. The lowest BCUT2D eigenvalue weighted by Gasteiger charge is -2.40. The summed E-state index contributed by atoms with van der Waals surface area (Å²) in [4.78, 5) is 23.9. The van der Waals surface area contributed by atoms with Gasteiger partial charge in [-0.2, -0.15) is 0 Å². The molecule has 0 saturated carbocycles. The van der Waals surface area contributed by atoms with Crippen molar-refractivity contribution in [2.75, 3.05) is 6.54 Å². The number of benzene rings is 1. The van der Waals surface area contributed by atoms with Gasteiger partial charge in [0.1, 0.15) is 5.84 Å². The molecular formula is C21H24N4O. The zero-order valence-corrected chi connectivity index (χ0v) is 15.3. The lowest BCUT2D eigenvalue weighted by Crippen LogP contribution is -2.49. The molecule has 1 N–H and O–H groups in total. The van der Waals surface area contributed by atoms with Crippen LogP contribution in [0, 0.1) is 0 Å². The minimum atomic E-state index is -0.0130. The van der Waals surface area contributed by atoms with Gasteiger partial charge in [-0.15, -0.1) is 0 Å². The Labute approximate surface area is 154 Å². The van der Waals surface area contributed by atoms with Crippen LogP contribution in [-0.2, 0) is 17.8 Å². The molecule has 0 unspecified atom stereocenters. The molecule has 2 atom stereocenters. The van der Waals surface area contributed by atoms with Crippen LogP contribution in [0.15, 0.2) is 47.6 Å². The van der Waals surface area contributed by atoms with Gasteiger partial charge in [0.05, 0.1) is 24.7 Å². The minimum Gasteiger partial charge on any atom is -0.354 e. The standard InChI is InChI=1S/C21H24N4O/c1-14-8-9-25(14)21-19-13-22-18(10-17(19)12-23-21)11-20(26)24-15(2)16-6-4-3-5-7-16/h3-7,10,13-15H,8-9,11-12H2,1-2H3,(H,24,26)/t14-,15+/m0/s1. The van der Waals surface area contributed by atoms with E-state index in [1.165, 1.54) is 12.0 Å². The lowest BCUT2D eigenvalue weighted by molar-refractivity contribution is -0.121. The number of aliphatic imine (C=N–C) groups is 1. The van der Waals surface area contributed by atoms with Crippen LogP contribution in [0.2, 0.25) is 0 Å². The Hall–Kier alpha value is -2.69. The fourth-order valence-corrected chi connectivity index (χ4v) is 3.58. The van der Waals surface area contributed by atoms with E-state index in [2.05, 4.69) is 27.1 Å². The van der Waals surface area contributed by atoms with Gasteiger partial charge in [0, 0.05) is 24.3 Å². The molecule has 4 rings (SSSR count). The van der Waals surface area contributed by atoms with Crippen LogP contribution < -0.4 is 5.32 Å². The Balaban J connectivity index is 1.40. The van der Waals surface area contributed by atoms with Crippen molar-refractivity contribution in [2.24, 2.45) is 4.99 Å². The molecule has 5 nitrogen and oxygen atoms in total. The number of carbonyl (C=O) groups is 1. The third kappa shape index (κ3) is 3.21. The Bertz CT molecular complexity index is 846. The molecule has 0 radical (unpaired) electrons. The van der Waals surface area contributed by atoms with Gasteiger partial charge in [-0.25, -0.2) is 0 Å². The fourth-order valence-electron chi connectivity index (χ4n) is 3.58. The van der Waals surface area contributed by atoms with Crippen LogP contribution in [0.4, 0.5) is 0 Å². The zero-order valence-electron chi connectivity index (χ0n) is 15.3. The molecule has 5 heteroatoms. The summed E-state index contributed by atoms with van der Waals surface area (Å²) in [7, 11) is 0. The number of nitrogens with zero attached hydrogens (tertiary/aromatic N) is 3. The van der Waals surface area contributed by atoms with E-state index in [1.807, 2.05) is 49.5 Å². The van der Waals surface area contributed by atoms with Gasteiger partial charge in [-0.05, 0) is 37.5 Å². The number of hydrogen-bond donors (Lipinski definition) is 1. The molecule has 1 aromatic carbocycles. The molecule has 134 valence electrons. The Kier molecular flexibility index (Phi) is 4.45. The maximum atomic E-state index is 12.4. The van der Waals surface area contributed by atoms with Crippen LogP contribution in [0.5, 0.6) is 0 Å². The fraction of sp³-hybridized carbons (Fsp3) is 0.381. The molecule has 2 aromatic rings. The van der Waals surface area contributed by atoms with E-state index in [4.69, 9.17) is 0 Å². The summed E-state index contributed by atoms with van der Waals surface area (Å²) in [6.07, 6.45) is 3.40. The van der Waals surface area contributed by atoms with Gasteiger partial charge in [-0.3, -0.25) is 14.8 Å². The van der Waals surface area contributed by atoms with Gasteiger partial charge in [0.25, 0.3) is 0 Å². The van der Waals surface area contributed by atoms with Crippen LogP contribution in [-0.4, -0.2) is 34.2 Å². The number of amidine groups is 1. The minimum absolute atomic E-state index is 0.00990. The molecule has 0 aliphatic carbocycles. The number of fused-ring (bicyclic) bond motifs is 1. The zero-order chi connectivity index (χ0) is 18.1. The van der Waals surface area contributed by atoms with Crippen molar-refractivity contribution in [1.82, 2.24) is 15.2 Å². The first-order valence-electron chi connectivity index (χ1n) is 9.25. The number of likely N-dealkylation sites (tertiary alicyclic amines) is 1. The molecule has 1 saturated heterocycles. The van der Waals surface area contributed by atoms with Crippen molar-refractivity contribution in [3.63, 3.8) is 0 Å². The summed E-state index contributed by atoms with van der Waals surface area (Å²) in [6, 6.07) is 12.6. The van der Waals surface area contributed by atoms with Crippen molar-refractivity contribution in [2.45, 2.75) is 45.3 Å². The van der Waals surface area contributed by atoms with Crippen molar-refractivity contribution in [1.29, 1.82) is 0 Å². The monoisotopic (exact) mass is 348 g/mol. The molecule has 2 aliphatic heterocycles. The van der Waals surface area contributed by atoms with E-state index in [9.17, 15) is 4.79 Å². The SMILES string of the molecule is C[C@@H](NC(=O)Cc1cc2c(cn1)C(N1CC[C@@H]1C)=NC2)c1ccccc1. The van der Waals surface area contributed by atoms with Crippen molar-refractivity contribution in [3.8, 4) is 0 Å². The van der Waals surface area contributed by atoms with E-state index in [-0.39, 0.29) is 11.9 Å². The summed E-state index contributed by atoms with van der Waals surface area (Å²) >= 11 is 0. The molecular weight excluding hydrogens is 324 g/mol. The predicted molar refractivity (Wildman–Crippen MR) is 102 cm³/mol. The molecule has 26 heavy (non-hydrogen) atoms. The van der Waals surface area contributed by atoms with E-state index < -0.39 is 0 Å². The number of nitrogens with one attached hydrogen (secondary N) is 1. The molecule has 0 spiro atoms. The van der Waals surface area contributed by atoms with Crippen molar-refractivity contribution >= 4 is 11.7 Å². The second kappa shape index (κ2) is 6.90. The number of rotatable bonds is 4. The van der Waals surface area contributed by atoms with Crippen LogP contribution >= 0.6 is 0 Å². The summed E-state index contributed by atoms with van der Waals surface area (Å²) in [5.74, 6) is 1.06. The summed E-state index contributed by atoms with van der Waals surface area (Å²) in [6.45, 7) is 5.98. The first-order valence-corrected chi connectivity index (χ1v) is 9.25. The van der Waals surface area contributed by atoms with Crippen LogP contribution in [0.1, 0.15) is 48.7 Å². The van der Waals surface area contributed by atoms with E-state index in [0.717, 1.165) is 29.2 Å². The van der Waals surface area contributed by atoms with Gasteiger partial charge in [0.2, 0.25) is 5.91 Å². The highest BCUT2D eigenvalue weighted by Gasteiger charge is 2.31. The molecule has 0 bridgehead atoms. The van der Waals surface area contributed by atoms with Crippen LogP contribution in [0.25, 0.3) is 0 Å². The summed E-state index contributed by atoms with van der Waals surface area (Å²) in [5.41, 5.74) is 4.20. The summed E-state index contributed by atoms with van der Waals surface area (Å²) in [5, 5.41) is 3.05. The quantitative estimate of drug-likeness (QED) is 0.924. The van der Waals surface area contributed by atoms with E-state index in [0.29, 0.717) is 19.0 Å². The number of carbonyl (C=O) groups excluding carboxylic acids is 1. The number of amides is 1. The smallest absolute Gasteiger partial charge is 0.226 e. The molecule has 1 amide bonds. The number of hydrogen-bond acceptors (Lipinski definition) is 4. The lowest BCUT2D eigenvalue weighted by atomic mass is 10.0. The first kappa shape index (κ1) is 16.8. The third-order valence-electron chi connectivity index (χ3n) is 5.30. The third-order valence-corrected chi connectivity index (χ3v) is 5.30.